The molecule has 1 amide bonds. The summed E-state index contributed by atoms with van der Waals surface area (Å²) in [5, 5.41) is 0.224. The lowest BCUT2D eigenvalue weighted by Gasteiger charge is -2.33. The van der Waals surface area contributed by atoms with Gasteiger partial charge in [-0.1, -0.05) is 11.6 Å². The molecule has 0 aromatic carbocycles. The number of hydrogen-bond acceptors (Lipinski definition) is 5. The molecule has 0 aliphatic heterocycles. The quantitative estimate of drug-likeness (QED) is 0.860. The minimum absolute atomic E-state index is 0.0569. The molecule has 1 aliphatic carbocycles. The Labute approximate surface area is 96.7 Å². The largest absolute Gasteiger partial charge is 0.472 e. The predicted octanol–water partition coefficient (Wildman–Crippen LogP) is 1.14. The highest BCUT2D eigenvalue weighted by Crippen LogP contribution is 2.29. The smallest absolute Gasteiger partial charge is 0.404 e. The number of primary amides is 1. The summed E-state index contributed by atoms with van der Waals surface area (Å²) in [6.07, 6.45) is 3.18. The Hall–Kier alpha value is -1.56. The van der Waals surface area contributed by atoms with Gasteiger partial charge in [-0.2, -0.15) is 0 Å². The first-order chi connectivity index (χ1) is 7.65. The molecule has 16 heavy (non-hydrogen) atoms. The van der Waals surface area contributed by atoms with Gasteiger partial charge >= 0.3 is 6.09 Å². The molecule has 2 N–H and O–H groups in total. The third-order valence-electron chi connectivity index (χ3n) is 2.24. The lowest BCUT2D eigenvalue weighted by atomic mass is 9.92. The number of aromatic nitrogens is 2. The molecule has 6 nitrogen and oxygen atoms in total. The van der Waals surface area contributed by atoms with Gasteiger partial charge in [0.05, 0.1) is 0 Å². The molecule has 0 saturated heterocycles. The first kappa shape index (κ1) is 10.9. The number of nitrogens with zero attached hydrogens (tertiary/aromatic N) is 2. The fourth-order valence-corrected chi connectivity index (χ4v) is 1.57. The van der Waals surface area contributed by atoms with E-state index in [0.29, 0.717) is 18.7 Å². The molecular formula is C9H10ClN3O3. The SMILES string of the molecule is NC(=O)O[C@H]1C[C@H](Oc2nccnc2Cl)C1. The Kier molecular flexibility index (Phi) is 3.09. The number of carbonyl (C=O) groups is 1. The summed E-state index contributed by atoms with van der Waals surface area (Å²) >= 11 is 5.77. The third kappa shape index (κ3) is 2.52. The number of amides is 1. The Morgan fingerprint density at radius 3 is 2.69 bits per heavy atom. The van der Waals surface area contributed by atoms with Gasteiger partial charge in [-0.25, -0.2) is 14.8 Å². The van der Waals surface area contributed by atoms with Crippen molar-refractivity contribution < 1.29 is 14.3 Å². The molecule has 0 bridgehead atoms. The molecule has 7 heteroatoms. The molecule has 0 spiro atoms. The van der Waals surface area contributed by atoms with Gasteiger partial charge < -0.3 is 15.2 Å². The molecule has 1 aromatic heterocycles. The number of hydrogen-bond donors (Lipinski definition) is 1. The second-order valence-electron chi connectivity index (χ2n) is 3.42. The van der Waals surface area contributed by atoms with Crippen LogP contribution in [0.4, 0.5) is 4.79 Å². The van der Waals surface area contributed by atoms with E-state index >= 15 is 0 Å². The normalized spacial score (nSPS) is 23.3. The summed E-state index contributed by atoms with van der Waals surface area (Å²) in [6.45, 7) is 0. The topological polar surface area (TPSA) is 87.3 Å². The summed E-state index contributed by atoms with van der Waals surface area (Å²) < 4.78 is 10.2. The van der Waals surface area contributed by atoms with Crippen LogP contribution in [0.1, 0.15) is 12.8 Å². The summed E-state index contributed by atoms with van der Waals surface area (Å²) in [6, 6.07) is 0. The predicted molar refractivity (Wildman–Crippen MR) is 55.1 cm³/mol. The zero-order valence-electron chi connectivity index (χ0n) is 8.30. The number of rotatable bonds is 3. The monoisotopic (exact) mass is 243 g/mol. The molecule has 1 saturated carbocycles. The molecule has 1 aliphatic rings. The number of nitrogens with two attached hydrogens (primary N) is 1. The maximum atomic E-state index is 10.4. The van der Waals surface area contributed by atoms with E-state index in [4.69, 9.17) is 26.8 Å². The summed E-state index contributed by atoms with van der Waals surface area (Å²) in [4.78, 5) is 18.2. The second-order valence-corrected chi connectivity index (χ2v) is 3.78. The van der Waals surface area contributed by atoms with Crippen LogP contribution in [0.5, 0.6) is 5.88 Å². The summed E-state index contributed by atoms with van der Waals surface area (Å²) in [5.41, 5.74) is 4.88. The minimum atomic E-state index is -0.763. The standard InChI is InChI=1S/C9H10ClN3O3/c10-7-8(13-2-1-12-7)15-5-3-6(4-5)16-9(11)14/h1-2,5-6H,3-4H2,(H2,11,14)/t5-,6-. The Morgan fingerprint density at radius 2 is 2.06 bits per heavy atom. The highest BCUT2D eigenvalue weighted by molar-refractivity contribution is 6.30. The number of halogens is 1. The van der Waals surface area contributed by atoms with Crippen LogP contribution in [-0.2, 0) is 4.74 Å². The number of ether oxygens (including phenoxy) is 2. The molecular weight excluding hydrogens is 234 g/mol. The van der Waals surface area contributed by atoms with Crippen molar-refractivity contribution in [3.63, 3.8) is 0 Å². The van der Waals surface area contributed by atoms with Gasteiger partial charge in [0, 0.05) is 25.2 Å². The van der Waals surface area contributed by atoms with Crippen LogP contribution in [0.2, 0.25) is 5.15 Å². The van der Waals surface area contributed by atoms with E-state index in [0.717, 1.165) is 0 Å². The molecule has 2 rings (SSSR count). The maximum absolute atomic E-state index is 10.4. The zero-order chi connectivity index (χ0) is 11.5. The summed E-state index contributed by atoms with van der Waals surface area (Å²) in [7, 11) is 0. The lowest BCUT2D eigenvalue weighted by Crippen LogP contribution is -2.41. The van der Waals surface area contributed by atoms with Gasteiger partial charge in [-0.15, -0.1) is 0 Å². The molecule has 86 valence electrons. The van der Waals surface area contributed by atoms with Crippen LogP contribution >= 0.6 is 11.6 Å². The van der Waals surface area contributed by atoms with Crippen LogP contribution < -0.4 is 10.5 Å². The Balaban J connectivity index is 1.82. The van der Waals surface area contributed by atoms with E-state index in [2.05, 4.69) is 9.97 Å². The summed E-state index contributed by atoms with van der Waals surface area (Å²) in [5.74, 6) is 0.298. The van der Waals surface area contributed by atoms with Crippen molar-refractivity contribution in [3.8, 4) is 5.88 Å². The van der Waals surface area contributed by atoms with Crippen LogP contribution in [0.15, 0.2) is 12.4 Å². The van der Waals surface area contributed by atoms with Crippen molar-refractivity contribution in [1.82, 2.24) is 9.97 Å². The van der Waals surface area contributed by atoms with Crippen molar-refractivity contribution in [2.24, 2.45) is 5.73 Å². The zero-order valence-corrected chi connectivity index (χ0v) is 9.05. The highest BCUT2D eigenvalue weighted by atomic mass is 35.5. The average Bonchev–Trinajstić information content (AvgIpc) is 2.17. The number of carbonyl (C=O) groups excluding carboxylic acids is 1. The van der Waals surface area contributed by atoms with Crippen LogP contribution in [0, 0.1) is 0 Å². The van der Waals surface area contributed by atoms with E-state index in [-0.39, 0.29) is 17.4 Å². The van der Waals surface area contributed by atoms with Gasteiger partial charge in [-0.05, 0) is 0 Å². The maximum Gasteiger partial charge on any atom is 0.404 e. The van der Waals surface area contributed by atoms with Crippen molar-refractivity contribution in [3.05, 3.63) is 17.5 Å². The highest BCUT2D eigenvalue weighted by Gasteiger charge is 2.34. The van der Waals surface area contributed by atoms with E-state index in [9.17, 15) is 4.79 Å². The van der Waals surface area contributed by atoms with E-state index in [1.165, 1.54) is 12.4 Å². The van der Waals surface area contributed by atoms with E-state index in [1.54, 1.807) is 0 Å². The van der Waals surface area contributed by atoms with Gasteiger partial charge in [0.15, 0.2) is 5.15 Å². The van der Waals surface area contributed by atoms with E-state index in [1.807, 2.05) is 0 Å². The molecule has 1 aromatic rings. The molecule has 1 heterocycles. The fourth-order valence-electron chi connectivity index (χ4n) is 1.42. The Bertz CT molecular complexity index is 395. The van der Waals surface area contributed by atoms with Gasteiger partial charge in [0.25, 0.3) is 5.88 Å². The third-order valence-corrected chi connectivity index (χ3v) is 2.49. The van der Waals surface area contributed by atoms with E-state index < -0.39 is 6.09 Å². The molecule has 1 fully saturated rings. The van der Waals surface area contributed by atoms with Crippen molar-refractivity contribution in [1.29, 1.82) is 0 Å². The first-order valence-electron chi connectivity index (χ1n) is 4.74. The first-order valence-corrected chi connectivity index (χ1v) is 5.12. The van der Waals surface area contributed by atoms with Crippen molar-refractivity contribution >= 4 is 17.7 Å². The van der Waals surface area contributed by atoms with Crippen LogP contribution in [-0.4, -0.2) is 28.3 Å². The Morgan fingerprint density at radius 1 is 1.38 bits per heavy atom. The minimum Gasteiger partial charge on any atom is -0.472 e. The van der Waals surface area contributed by atoms with Crippen molar-refractivity contribution in [2.45, 2.75) is 25.0 Å². The second kappa shape index (κ2) is 4.52. The molecule has 0 unspecified atom stereocenters. The fraction of sp³-hybridized carbons (Fsp3) is 0.444. The van der Waals surface area contributed by atoms with Crippen LogP contribution in [0.25, 0.3) is 0 Å². The van der Waals surface area contributed by atoms with Gasteiger partial charge in [-0.3, -0.25) is 0 Å². The average molecular weight is 244 g/mol. The van der Waals surface area contributed by atoms with Gasteiger partial charge in [0.1, 0.15) is 12.2 Å². The van der Waals surface area contributed by atoms with Crippen molar-refractivity contribution in [2.75, 3.05) is 0 Å². The molecule has 0 radical (unpaired) electrons. The lowest BCUT2D eigenvalue weighted by molar-refractivity contribution is -0.0215. The van der Waals surface area contributed by atoms with Crippen LogP contribution in [0.3, 0.4) is 0 Å². The molecule has 0 atom stereocenters. The van der Waals surface area contributed by atoms with Gasteiger partial charge in [0.2, 0.25) is 0 Å².